The number of rotatable bonds is 11. The van der Waals surface area contributed by atoms with Crippen LogP contribution in [0.3, 0.4) is 0 Å². The van der Waals surface area contributed by atoms with Crippen LogP contribution in [0.4, 0.5) is 0 Å². The Kier molecular flexibility index (Phi) is 11.6. The maximum atomic E-state index is 11.1. The first-order chi connectivity index (χ1) is 9.10. The predicted octanol–water partition coefficient (Wildman–Crippen LogP) is 1.79. The summed E-state index contributed by atoms with van der Waals surface area (Å²) in [6.45, 7) is 4.02. The summed E-state index contributed by atoms with van der Waals surface area (Å²) in [7, 11) is 0. The van der Waals surface area contributed by atoms with Crippen LogP contribution >= 0.6 is 12.3 Å². The lowest BCUT2D eigenvalue weighted by atomic mass is 10.2. The highest BCUT2D eigenvalue weighted by atomic mass is 32.2. The Morgan fingerprint density at radius 1 is 1.11 bits per heavy atom. The third-order valence-electron chi connectivity index (χ3n) is 1.72. The number of unbranched alkanes of at least 4 members (excludes halogenated alkanes) is 1. The Hall–Kier alpha value is -0.870. The molecule has 0 aromatic rings. The van der Waals surface area contributed by atoms with Gasteiger partial charge in [0, 0.05) is 12.8 Å². The van der Waals surface area contributed by atoms with Gasteiger partial charge in [0.25, 0.3) is 0 Å². The number of hydrogen-bond acceptors (Lipinski definition) is 9. The first-order valence-electron chi connectivity index (χ1n) is 5.91. The van der Waals surface area contributed by atoms with Crippen molar-refractivity contribution in [3.05, 3.63) is 0 Å². The zero-order valence-electron chi connectivity index (χ0n) is 11.0. The molecular formula is C10H19NO7S. The van der Waals surface area contributed by atoms with E-state index in [0.29, 0.717) is 31.8 Å². The molecule has 0 rings (SSSR count). The SMILES string of the molecule is CCOSOC(=O)CCCCC(=O)ON(O)OCC. The lowest BCUT2D eigenvalue weighted by Crippen LogP contribution is -2.24. The fraction of sp³-hybridized carbons (Fsp3) is 0.800. The van der Waals surface area contributed by atoms with Crippen molar-refractivity contribution in [3.8, 4) is 0 Å². The van der Waals surface area contributed by atoms with Gasteiger partial charge in [-0.15, -0.1) is 0 Å². The summed E-state index contributed by atoms with van der Waals surface area (Å²) < 4.78 is 9.42. The van der Waals surface area contributed by atoms with Crippen molar-refractivity contribution in [1.82, 2.24) is 5.39 Å². The normalized spacial score (nSPS) is 10.5. The Morgan fingerprint density at radius 2 is 1.74 bits per heavy atom. The van der Waals surface area contributed by atoms with Crippen LogP contribution in [0.2, 0.25) is 0 Å². The maximum absolute atomic E-state index is 11.1. The second-order valence-corrected chi connectivity index (χ2v) is 3.79. The molecule has 19 heavy (non-hydrogen) atoms. The Morgan fingerprint density at radius 3 is 2.32 bits per heavy atom. The molecule has 0 saturated carbocycles. The molecule has 9 heteroatoms. The molecule has 0 aliphatic rings. The van der Waals surface area contributed by atoms with Gasteiger partial charge in [0.15, 0.2) is 0 Å². The van der Waals surface area contributed by atoms with Crippen molar-refractivity contribution in [2.24, 2.45) is 0 Å². The third-order valence-corrected chi connectivity index (χ3v) is 2.31. The molecule has 0 aliphatic heterocycles. The van der Waals surface area contributed by atoms with Crippen LogP contribution in [0.25, 0.3) is 0 Å². The highest BCUT2D eigenvalue weighted by Crippen LogP contribution is 2.09. The Balaban J connectivity index is 3.47. The van der Waals surface area contributed by atoms with Crippen LogP contribution < -0.4 is 0 Å². The molecule has 8 nitrogen and oxygen atoms in total. The minimum absolute atomic E-state index is 0.0231. The number of nitrogens with zero attached hydrogens (tertiary/aromatic N) is 1. The standard InChI is InChI=1S/C10H19NO7S/c1-3-15-11(14)17-9(12)7-5-6-8-10(13)18-19-16-4-2/h14H,3-8H2,1-2H3. The molecule has 0 spiro atoms. The van der Waals surface area contributed by atoms with Crippen LogP contribution in [-0.4, -0.2) is 35.7 Å². The molecule has 0 bridgehead atoms. The summed E-state index contributed by atoms with van der Waals surface area (Å²) in [6.07, 6.45) is 1.16. The summed E-state index contributed by atoms with van der Waals surface area (Å²) in [4.78, 5) is 31.1. The van der Waals surface area contributed by atoms with E-state index in [0.717, 1.165) is 0 Å². The van der Waals surface area contributed by atoms with Crippen molar-refractivity contribution >= 4 is 24.3 Å². The van der Waals surface area contributed by atoms with Gasteiger partial charge in [-0.25, -0.2) is 4.84 Å². The molecule has 0 fully saturated rings. The second-order valence-electron chi connectivity index (χ2n) is 3.26. The average Bonchev–Trinajstić information content (AvgIpc) is 2.35. The summed E-state index contributed by atoms with van der Waals surface area (Å²) in [6, 6.07) is 0. The molecule has 0 amide bonds. The molecule has 112 valence electrons. The van der Waals surface area contributed by atoms with E-state index in [1.54, 1.807) is 13.8 Å². The predicted molar refractivity (Wildman–Crippen MR) is 65.1 cm³/mol. The van der Waals surface area contributed by atoms with Gasteiger partial charge in [0.05, 0.1) is 13.2 Å². The van der Waals surface area contributed by atoms with Gasteiger partial charge < -0.3 is 9.02 Å². The van der Waals surface area contributed by atoms with Crippen LogP contribution in [0.5, 0.6) is 0 Å². The highest BCUT2D eigenvalue weighted by Gasteiger charge is 2.10. The maximum Gasteiger partial charge on any atom is 0.330 e. The molecule has 0 unspecified atom stereocenters. The van der Waals surface area contributed by atoms with Crippen LogP contribution in [-0.2, 0) is 27.6 Å². The Labute approximate surface area is 116 Å². The first-order valence-corrected chi connectivity index (χ1v) is 6.58. The minimum atomic E-state index is -0.645. The topological polar surface area (TPSA) is 94.5 Å². The molecule has 0 heterocycles. The summed E-state index contributed by atoms with van der Waals surface area (Å²) >= 11 is 0.642. The van der Waals surface area contributed by atoms with E-state index in [4.69, 9.17) is 9.39 Å². The van der Waals surface area contributed by atoms with E-state index in [1.807, 2.05) is 0 Å². The number of carbonyl (C=O) groups excluding carboxylic acids is 2. The monoisotopic (exact) mass is 297 g/mol. The first kappa shape index (κ1) is 18.1. The summed E-state index contributed by atoms with van der Waals surface area (Å²) in [5.74, 6) is -1.06. The lowest BCUT2D eigenvalue weighted by molar-refractivity contribution is -0.487. The molecule has 0 atom stereocenters. The molecule has 1 N–H and O–H groups in total. The third kappa shape index (κ3) is 11.9. The van der Waals surface area contributed by atoms with E-state index in [1.165, 1.54) is 0 Å². The van der Waals surface area contributed by atoms with Gasteiger partial charge in [0.2, 0.25) is 12.3 Å². The van der Waals surface area contributed by atoms with Crippen molar-refractivity contribution in [1.29, 1.82) is 0 Å². The number of hydrogen-bond donors (Lipinski definition) is 1. The largest absolute Gasteiger partial charge is 0.364 e. The van der Waals surface area contributed by atoms with Crippen molar-refractivity contribution in [3.63, 3.8) is 0 Å². The quantitative estimate of drug-likeness (QED) is 0.348. The van der Waals surface area contributed by atoms with Crippen LogP contribution in [0, 0.1) is 0 Å². The summed E-state index contributed by atoms with van der Waals surface area (Å²) in [5, 5.41) is 8.89. The second kappa shape index (κ2) is 12.2. The van der Waals surface area contributed by atoms with Gasteiger partial charge in [-0.1, -0.05) is 0 Å². The van der Waals surface area contributed by atoms with Gasteiger partial charge in [-0.2, -0.15) is 0 Å². The summed E-state index contributed by atoms with van der Waals surface area (Å²) in [5.41, 5.74) is 0. The average molecular weight is 297 g/mol. The van der Waals surface area contributed by atoms with Gasteiger partial charge in [0.1, 0.15) is 5.39 Å². The minimum Gasteiger partial charge on any atom is -0.364 e. The molecule has 0 radical (unpaired) electrons. The zero-order chi connectivity index (χ0) is 14.5. The molecular weight excluding hydrogens is 278 g/mol. The van der Waals surface area contributed by atoms with Crippen molar-refractivity contribution < 1.29 is 32.8 Å². The fourth-order valence-electron chi connectivity index (χ4n) is 0.960. The van der Waals surface area contributed by atoms with E-state index in [9.17, 15) is 9.59 Å². The molecule has 0 aromatic carbocycles. The van der Waals surface area contributed by atoms with Gasteiger partial charge in [-0.05, 0) is 26.7 Å². The van der Waals surface area contributed by atoms with E-state index in [2.05, 4.69) is 13.9 Å². The van der Waals surface area contributed by atoms with Gasteiger partial charge in [-0.3, -0.25) is 19.0 Å². The highest BCUT2D eigenvalue weighted by molar-refractivity contribution is 7.90. The van der Waals surface area contributed by atoms with Crippen molar-refractivity contribution in [2.45, 2.75) is 39.5 Å². The lowest BCUT2D eigenvalue weighted by Gasteiger charge is -2.11. The molecule has 0 aliphatic carbocycles. The smallest absolute Gasteiger partial charge is 0.330 e. The fourth-order valence-corrected chi connectivity index (χ4v) is 1.26. The van der Waals surface area contributed by atoms with Crippen molar-refractivity contribution in [2.75, 3.05) is 13.2 Å². The number of carbonyl (C=O) groups is 2. The Bertz CT molecular complexity index is 264. The van der Waals surface area contributed by atoms with Crippen LogP contribution in [0.1, 0.15) is 39.5 Å². The molecule has 0 aromatic heterocycles. The van der Waals surface area contributed by atoms with E-state index in [-0.39, 0.29) is 24.8 Å². The van der Waals surface area contributed by atoms with E-state index < -0.39 is 11.9 Å². The van der Waals surface area contributed by atoms with E-state index >= 15 is 0 Å². The van der Waals surface area contributed by atoms with Gasteiger partial charge >= 0.3 is 11.9 Å². The zero-order valence-corrected chi connectivity index (χ0v) is 11.8. The van der Waals surface area contributed by atoms with Crippen LogP contribution in [0.15, 0.2) is 0 Å². The molecule has 0 saturated heterocycles.